The van der Waals surface area contributed by atoms with Crippen LogP contribution in [0.1, 0.15) is 16.9 Å². The zero-order chi connectivity index (χ0) is 15.5. The van der Waals surface area contributed by atoms with Crippen molar-refractivity contribution in [3.63, 3.8) is 0 Å². The van der Waals surface area contributed by atoms with Crippen molar-refractivity contribution < 1.29 is 15.0 Å². The van der Waals surface area contributed by atoms with E-state index in [1.807, 2.05) is 30.3 Å². The molecule has 6 heteroatoms. The van der Waals surface area contributed by atoms with E-state index in [9.17, 15) is 9.90 Å². The highest BCUT2D eigenvalue weighted by molar-refractivity contribution is 7.13. The normalized spacial score (nSPS) is 21.8. The molecule has 2 atom stereocenters. The van der Waals surface area contributed by atoms with Crippen molar-refractivity contribution in [3.05, 3.63) is 41.4 Å². The first kappa shape index (κ1) is 15.1. The van der Waals surface area contributed by atoms with Crippen LogP contribution in [0.5, 0.6) is 0 Å². The van der Waals surface area contributed by atoms with E-state index in [-0.39, 0.29) is 25.0 Å². The molecule has 1 aliphatic heterocycles. The van der Waals surface area contributed by atoms with Crippen LogP contribution in [0.2, 0.25) is 0 Å². The molecule has 2 heterocycles. The van der Waals surface area contributed by atoms with Gasteiger partial charge in [0.25, 0.3) is 5.91 Å². The molecule has 0 radical (unpaired) electrons. The fraction of sp³-hybridized carbons (Fsp3) is 0.375. The molecule has 116 valence electrons. The number of benzene rings is 1. The molecule has 2 N–H and O–H groups in total. The highest BCUT2D eigenvalue weighted by Gasteiger charge is 2.30. The number of carbonyl (C=O) groups excluding carboxylic acids is 1. The Kier molecular flexibility index (Phi) is 4.52. The van der Waals surface area contributed by atoms with Crippen molar-refractivity contribution in [1.82, 2.24) is 9.88 Å². The fourth-order valence-electron chi connectivity index (χ4n) is 2.62. The van der Waals surface area contributed by atoms with Crippen LogP contribution in [-0.2, 0) is 0 Å². The summed E-state index contributed by atoms with van der Waals surface area (Å²) in [4.78, 5) is 18.5. The van der Waals surface area contributed by atoms with Crippen LogP contribution < -0.4 is 0 Å². The van der Waals surface area contributed by atoms with Crippen LogP contribution in [0.3, 0.4) is 0 Å². The maximum absolute atomic E-state index is 12.5. The van der Waals surface area contributed by atoms with E-state index in [1.165, 1.54) is 11.3 Å². The smallest absolute Gasteiger partial charge is 0.273 e. The lowest BCUT2D eigenvalue weighted by Crippen LogP contribution is -2.47. The largest absolute Gasteiger partial charge is 0.396 e. The van der Waals surface area contributed by atoms with Crippen LogP contribution >= 0.6 is 11.3 Å². The molecule has 0 spiro atoms. The number of aliphatic hydroxyl groups is 2. The van der Waals surface area contributed by atoms with Crippen molar-refractivity contribution in [1.29, 1.82) is 0 Å². The highest BCUT2D eigenvalue weighted by Crippen LogP contribution is 2.25. The summed E-state index contributed by atoms with van der Waals surface area (Å²) < 4.78 is 0. The van der Waals surface area contributed by atoms with Gasteiger partial charge in [0.2, 0.25) is 0 Å². The first-order valence-corrected chi connectivity index (χ1v) is 8.16. The van der Waals surface area contributed by atoms with Crippen LogP contribution in [0.15, 0.2) is 35.7 Å². The second kappa shape index (κ2) is 6.56. The number of amides is 1. The molecule has 3 rings (SSSR count). The highest BCUT2D eigenvalue weighted by atomic mass is 32.1. The summed E-state index contributed by atoms with van der Waals surface area (Å²) in [7, 11) is 0. The number of hydrogen-bond acceptors (Lipinski definition) is 5. The average molecular weight is 318 g/mol. The van der Waals surface area contributed by atoms with E-state index in [0.29, 0.717) is 18.7 Å². The minimum atomic E-state index is -0.671. The summed E-state index contributed by atoms with van der Waals surface area (Å²) in [5, 5.41) is 21.7. The number of likely N-dealkylation sites (tertiary alicyclic amines) is 1. The minimum absolute atomic E-state index is 0.0436. The van der Waals surface area contributed by atoms with Crippen molar-refractivity contribution in [2.75, 3.05) is 19.7 Å². The molecule has 0 bridgehead atoms. The summed E-state index contributed by atoms with van der Waals surface area (Å²) in [6, 6.07) is 9.74. The van der Waals surface area contributed by atoms with E-state index in [0.717, 1.165) is 10.6 Å². The van der Waals surface area contributed by atoms with E-state index < -0.39 is 6.10 Å². The number of β-amino-alcohol motifs (C(OH)–C–C–N with tert-alkyl or cyclic N) is 1. The van der Waals surface area contributed by atoms with E-state index >= 15 is 0 Å². The Bertz CT molecular complexity index is 644. The molecule has 0 saturated carbocycles. The van der Waals surface area contributed by atoms with E-state index in [4.69, 9.17) is 5.11 Å². The van der Waals surface area contributed by atoms with Crippen molar-refractivity contribution >= 4 is 17.2 Å². The third-order valence-corrected chi connectivity index (χ3v) is 4.88. The van der Waals surface area contributed by atoms with Gasteiger partial charge in [0.05, 0.1) is 6.10 Å². The van der Waals surface area contributed by atoms with Gasteiger partial charge < -0.3 is 15.1 Å². The molecule has 2 aromatic rings. The first-order chi connectivity index (χ1) is 10.7. The number of thiazole rings is 1. The Hall–Kier alpha value is -1.76. The SMILES string of the molecule is O=C(c1csc(-c2ccccc2)n1)N1CC[C@H](CO)[C@@H](O)C1. The Morgan fingerprint density at radius 3 is 2.82 bits per heavy atom. The second-order valence-electron chi connectivity index (χ2n) is 5.45. The van der Waals surface area contributed by atoms with Crippen molar-refractivity contribution in [3.8, 4) is 10.6 Å². The van der Waals surface area contributed by atoms with Gasteiger partial charge in [-0.05, 0) is 6.42 Å². The predicted molar refractivity (Wildman–Crippen MR) is 84.7 cm³/mol. The lowest BCUT2D eigenvalue weighted by Gasteiger charge is -2.34. The number of aliphatic hydroxyl groups excluding tert-OH is 2. The molecule has 1 saturated heterocycles. The monoisotopic (exact) mass is 318 g/mol. The number of piperidine rings is 1. The number of aromatic nitrogens is 1. The molecule has 1 amide bonds. The topological polar surface area (TPSA) is 73.7 Å². The number of carbonyl (C=O) groups is 1. The number of nitrogens with zero attached hydrogens (tertiary/aromatic N) is 2. The summed E-state index contributed by atoms with van der Waals surface area (Å²) in [6.45, 7) is 0.750. The lowest BCUT2D eigenvalue weighted by atomic mass is 9.94. The number of rotatable bonds is 3. The van der Waals surface area contributed by atoms with Gasteiger partial charge in [0, 0.05) is 36.6 Å². The molecular weight excluding hydrogens is 300 g/mol. The molecular formula is C16H18N2O3S. The molecule has 1 aromatic carbocycles. The molecule has 0 unspecified atom stereocenters. The molecule has 0 aliphatic carbocycles. The molecule has 22 heavy (non-hydrogen) atoms. The molecule has 5 nitrogen and oxygen atoms in total. The van der Waals surface area contributed by atoms with Crippen LogP contribution in [-0.4, -0.2) is 51.8 Å². The van der Waals surface area contributed by atoms with Gasteiger partial charge in [-0.2, -0.15) is 0 Å². The Balaban J connectivity index is 1.72. The standard InChI is InChI=1S/C16H18N2O3S/c19-9-12-6-7-18(8-14(12)20)16(21)13-10-22-15(17-13)11-4-2-1-3-5-11/h1-5,10,12,14,19-20H,6-9H2/t12-,14+/m1/s1. The quantitative estimate of drug-likeness (QED) is 0.902. The van der Waals surface area contributed by atoms with Crippen molar-refractivity contribution in [2.24, 2.45) is 5.92 Å². The Labute approximate surface area is 132 Å². The zero-order valence-corrected chi connectivity index (χ0v) is 12.9. The van der Waals surface area contributed by atoms with Gasteiger partial charge >= 0.3 is 0 Å². The summed E-state index contributed by atoms with van der Waals surface area (Å²) in [5.41, 5.74) is 1.41. The van der Waals surface area contributed by atoms with Crippen LogP contribution in [0.4, 0.5) is 0 Å². The summed E-state index contributed by atoms with van der Waals surface area (Å²) >= 11 is 1.44. The van der Waals surface area contributed by atoms with E-state index in [1.54, 1.807) is 10.3 Å². The third kappa shape index (κ3) is 3.04. The van der Waals surface area contributed by atoms with Gasteiger partial charge in [-0.25, -0.2) is 4.98 Å². The van der Waals surface area contributed by atoms with Gasteiger partial charge in [-0.15, -0.1) is 11.3 Å². The third-order valence-electron chi connectivity index (χ3n) is 3.99. The predicted octanol–water partition coefficient (Wildman–Crippen LogP) is 1.63. The molecule has 1 fully saturated rings. The van der Waals surface area contributed by atoms with Crippen LogP contribution in [0.25, 0.3) is 10.6 Å². The van der Waals surface area contributed by atoms with Gasteiger partial charge in [-0.1, -0.05) is 30.3 Å². The minimum Gasteiger partial charge on any atom is -0.396 e. The summed E-state index contributed by atoms with van der Waals surface area (Å²) in [6.07, 6.45) is -0.0612. The van der Waals surface area contributed by atoms with Gasteiger partial charge in [-0.3, -0.25) is 4.79 Å². The van der Waals surface area contributed by atoms with Crippen molar-refractivity contribution in [2.45, 2.75) is 12.5 Å². The van der Waals surface area contributed by atoms with Gasteiger partial charge in [0.15, 0.2) is 0 Å². The lowest BCUT2D eigenvalue weighted by molar-refractivity contribution is 0.000694. The maximum atomic E-state index is 12.5. The second-order valence-corrected chi connectivity index (χ2v) is 6.31. The first-order valence-electron chi connectivity index (χ1n) is 7.28. The fourth-order valence-corrected chi connectivity index (χ4v) is 3.42. The van der Waals surface area contributed by atoms with Crippen LogP contribution in [0, 0.1) is 5.92 Å². The Morgan fingerprint density at radius 1 is 1.36 bits per heavy atom. The van der Waals surface area contributed by atoms with E-state index in [2.05, 4.69) is 4.98 Å². The Morgan fingerprint density at radius 2 is 2.14 bits per heavy atom. The van der Waals surface area contributed by atoms with Gasteiger partial charge in [0.1, 0.15) is 10.7 Å². The molecule has 1 aliphatic rings. The summed E-state index contributed by atoms with van der Waals surface area (Å²) in [5.74, 6) is -0.298. The zero-order valence-electron chi connectivity index (χ0n) is 12.1. The maximum Gasteiger partial charge on any atom is 0.273 e. The molecule has 1 aromatic heterocycles. The number of hydrogen-bond donors (Lipinski definition) is 2. The average Bonchev–Trinajstić information content (AvgIpc) is 3.05.